The van der Waals surface area contributed by atoms with Gasteiger partial charge in [-0.05, 0) is 0 Å². The number of nitriles is 1. The number of ether oxygens (including phenoxy) is 4. The van der Waals surface area contributed by atoms with Crippen molar-refractivity contribution in [1.82, 2.24) is 0 Å². The molecule has 0 aliphatic carbocycles. The van der Waals surface area contributed by atoms with Gasteiger partial charge in [0.1, 0.15) is 43.5 Å². The molecular formula is C20H17N3O8. The van der Waals surface area contributed by atoms with Crippen LogP contribution in [0.1, 0.15) is 0 Å². The third kappa shape index (κ3) is 8.90. The maximum Gasteiger partial charge on any atom is 0.348 e. The van der Waals surface area contributed by atoms with Gasteiger partial charge in [-0.1, -0.05) is 26.3 Å². The summed E-state index contributed by atoms with van der Waals surface area (Å²) in [6.07, 6.45) is 0.827. The van der Waals surface area contributed by atoms with Crippen molar-refractivity contribution in [2.45, 2.75) is 0 Å². The standard InChI is InChI=1S/C20H17N3O8/c1-7-16(24)28-9-20(10-29-17(25)13(2)8-21,11-30-18(26)14(3)22-5)12-31-19(27)15(4)23-6/h7H,1-4,9-12H2. The van der Waals surface area contributed by atoms with E-state index in [0.717, 1.165) is 6.08 Å². The molecule has 0 N–H and O–H groups in total. The fourth-order valence-electron chi connectivity index (χ4n) is 1.58. The number of carbonyl (C=O) groups is 4. The van der Waals surface area contributed by atoms with E-state index in [9.17, 15) is 19.2 Å². The smallest absolute Gasteiger partial charge is 0.348 e. The number of hydrogen-bond acceptors (Lipinski definition) is 9. The Labute approximate surface area is 178 Å². The zero-order valence-corrected chi connectivity index (χ0v) is 16.3. The highest BCUT2D eigenvalue weighted by Crippen LogP contribution is 2.23. The minimum atomic E-state index is -1.68. The molecule has 160 valence electrons. The largest absolute Gasteiger partial charge is 0.470 e. The van der Waals surface area contributed by atoms with Gasteiger partial charge in [0, 0.05) is 6.08 Å². The lowest BCUT2D eigenvalue weighted by atomic mass is 9.92. The molecule has 0 amide bonds. The predicted molar refractivity (Wildman–Crippen MR) is 103 cm³/mol. The third-order valence-corrected chi connectivity index (χ3v) is 3.34. The van der Waals surface area contributed by atoms with Gasteiger partial charge in [-0.2, -0.15) is 5.26 Å². The highest BCUT2D eigenvalue weighted by molar-refractivity contribution is 5.92. The van der Waals surface area contributed by atoms with Gasteiger partial charge in [0.25, 0.3) is 11.4 Å². The van der Waals surface area contributed by atoms with E-state index in [1.807, 2.05) is 0 Å². The minimum Gasteiger partial charge on any atom is -0.470 e. The summed E-state index contributed by atoms with van der Waals surface area (Å²) in [4.78, 5) is 52.6. The van der Waals surface area contributed by atoms with Crippen molar-refractivity contribution in [2.24, 2.45) is 5.41 Å². The summed E-state index contributed by atoms with van der Waals surface area (Å²) in [6, 6.07) is 1.48. The Morgan fingerprint density at radius 2 is 1.23 bits per heavy atom. The third-order valence-electron chi connectivity index (χ3n) is 3.34. The molecule has 11 heteroatoms. The first kappa shape index (κ1) is 26.3. The van der Waals surface area contributed by atoms with Crippen LogP contribution in [-0.4, -0.2) is 50.3 Å². The summed E-state index contributed by atoms with van der Waals surface area (Å²) >= 11 is 0. The highest BCUT2D eigenvalue weighted by atomic mass is 16.6. The second-order valence-corrected chi connectivity index (χ2v) is 5.75. The fourth-order valence-corrected chi connectivity index (χ4v) is 1.58. The number of nitrogens with zero attached hydrogens (tertiary/aromatic N) is 3. The SMILES string of the molecule is [C-]#[N+]C(=C)C(=O)OCC(COC(=O)C=C)(COC(=O)C(=C)C#N)COC(=O)C(=C)[N+]#[C-]. The highest BCUT2D eigenvalue weighted by Gasteiger charge is 2.38. The molecule has 0 bridgehead atoms. The number of esters is 4. The van der Waals surface area contributed by atoms with E-state index in [-0.39, 0.29) is 0 Å². The summed E-state index contributed by atoms with van der Waals surface area (Å²) in [5, 5.41) is 8.73. The van der Waals surface area contributed by atoms with Crippen LogP contribution in [0.4, 0.5) is 0 Å². The monoisotopic (exact) mass is 427 g/mol. The fraction of sp³-hybridized carbons (Fsp3) is 0.250. The van der Waals surface area contributed by atoms with Crippen molar-refractivity contribution in [3.8, 4) is 6.07 Å². The lowest BCUT2D eigenvalue weighted by Gasteiger charge is -2.31. The summed E-state index contributed by atoms with van der Waals surface area (Å²) < 4.78 is 19.8. The molecule has 0 fully saturated rings. The lowest BCUT2D eigenvalue weighted by molar-refractivity contribution is -0.164. The van der Waals surface area contributed by atoms with Crippen molar-refractivity contribution in [1.29, 1.82) is 5.26 Å². The minimum absolute atomic E-state index is 0.547. The van der Waals surface area contributed by atoms with Crippen molar-refractivity contribution >= 4 is 23.9 Å². The molecule has 0 saturated heterocycles. The number of hydrogen-bond donors (Lipinski definition) is 0. The average Bonchev–Trinajstić information content (AvgIpc) is 2.80. The number of rotatable bonds is 12. The van der Waals surface area contributed by atoms with Crippen LogP contribution in [0.2, 0.25) is 0 Å². The van der Waals surface area contributed by atoms with Crippen LogP contribution >= 0.6 is 0 Å². The number of carbonyl (C=O) groups excluding carboxylic acids is 4. The molecule has 11 nitrogen and oxygen atoms in total. The summed E-state index contributed by atoms with van der Waals surface area (Å²) in [5.41, 5.74) is -3.36. The van der Waals surface area contributed by atoms with E-state index in [1.54, 1.807) is 0 Å². The normalized spacial score (nSPS) is 9.45. The van der Waals surface area contributed by atoms with Crippen LogP contribution in [0.3, 0.4) is 0 Å². The lowest BCUT2D eigenvalue weighted by Crippen LogP contribution is -2.44. The van der Waals surface area contributed by atoms with Gasteiger partial charge < -0.3 is 18.9 Å². The molecule has 0 saturated carbocycles. The van der Waals surface area contributed by atoms with E-state index in [4.69, 9.17) is 37.4 Å². The molecule has 31 heavy (non-hydrogen) atoms. The molecule has 0 aromatic carbocycles. The van der Waals surface area contributed by atoms with Crippen molar-refractivity contribution < 1.29 is 38.1 Å². The van der Waals surface area contributed by atoms with Gasteiger partial charge in [0.05, 0.1) is 13.1 Å². The average molecular weight is 427 g/mol. The Morgan fingerprint density at radius 1 is 0.839 bits per heavy atom. The van der Waals surface area contributed by atoms with Crippen molar-refractivity contribution in [3.63, 3.8) is 0 Å². The molecule has 0 radical (unpaired) electrons. The first-order chi connectivity index (χ1) is 14.6. The zero-order chi connectivity index (χ0) is 24.0. The summed E-state index contributed by atoms with van der Waals surface area (Å²) in [7, 11) is 0. The first-order valence-electron chi connectivity index (χ1n) is 8.08. The van der Waals surface area contributed by atoms with Crippen LogP contribution in [0.25, 0.3) is 9.69 Å². The van der Waals surface area contributed by atoms with E-state index in [0.29, 0.717) is 0 Å². The topological polar surface area (TPSA) is 138 Å². The van der Waals surface area contributed by atoms with Crippen LogP contribution in [0, 0.1) is 29.9 Å². The van der Waals surface area contributed by atoms with Gasteiger partial charge in [-0.25, -0.2) is 19.3 Å². The van der Waals surface area contributed by atoms with Gasteiger partial charge >= 0.3 is 23.9 Å². The molecular weight excluding hydrogens is 410 g/mol. The summed E-state index contributed by atoms with van der Waals surface area (Å²) in [5.74, 6) is -4.28. The van der Waals surface area contributed by atoms with Gasteiger partial charge in [0.2, 0.25) is 0 Å². The zero-order valence-electron chi connectivity index (χ0n) is 16.3. The predicted octanol–water partition coefficient (Wildman–Crippen LogP) is 1.28. The second kappa shape index (κ2) is 12.7. The van der Waals surface area contributed by atoms with Gasteiger partial charge in [-0.15, -0.1) is 0 Å². The van der Waals surface area contributed by atoms with Crippen molar-refractivity contribution in [3.05, 3.63) is 72.2 Å². The molecule has 0 rings (SSSR count). The van der Waals surface area contributed by atoms with Crippen LogP contribution in [-0.2, 0) is 38.1 Å². The van der Waals surface area contributed by atoms with Crippen LogP contribution in [0.5, 0.6) is 0 Å². The quantitative estimate of drug-likeness (QED) is 0.148. The Morgan fingerprint density at radius 3 is 1.58 bits per heavy atom. The molecule has 0 unspecified atom stereocenters. The molecule has 0 aliphatic heterocycles. The van der Waals surface area contributed by atoms with E-state index < -0.39 is 72.7 Å². The molecule has 0 spiro atoms. The van der Waals surface area contributed by atoms with Crippen molar-refractivity contribution in [2.75, 3.05) is 26.4 Å². The van der Waals surface area contributed by atoms with E-state index >= 15 is 0 Å². The van der Waals surface area contributed by atoms with Crippen LogP contribution in [0.15, 0.2) is 49.4 Å². The molecule has 0 heterocycles. The van der Waals surface area contributed by atoms with Gasteiger partial charge in [-0.3, -0.25) is 9.59 Å². The van der Waals surface area contributed by atoms with E-state index in [1.165, 1.54) is 6.07 Å². The molecule has 0 aliphatic rings. The maximum absolute atomic E-state index is 11.8. The van der Waals surface area contributed by atoms with Gasteiger partial charge in [0.15, 0.2) is 0 Å². The maximum atomic E-state index is 11.8. The molecule has 0 aromatic rings. The Kier molecular flexibility index (Phi) is 10.8. The Bertz CT molecular complexity index is 840. The second-order valence-electron chi connectivity index (χ2n) is 5.75. The Balaban J connectivity index is 5.83. The van der Waals surface area contributed by atoms with Crippen LogP contribution < -0.4 is 0 Å². The first-order valence-corrected chi connectivity index (χ1v) is 8.08. The Hall–Kier alpha value is -4.69. The van der Waals surface area contributed by atoms with E-state index in [2.05, 4.69) is 36.0 Å². The summed E-state index contributed by atoms with van der Waals surface area (Å²) in [6.45, 7) is 23.7. The molecule has 0 aromatic heterocycles. The molecule has 0 atom stereocenters.